The minimum atomic E-state index is -3.19. The van der Waals surface area contributed by atoms with Gasteiger partial charge in [-0.3, -0.25) is 0 Å². The molecule has 1 saturated heterocycles. The third kappa shape index (κ3) is 2.99. The molecule has 2 unspecified atom stereocenters. The Morgan fingerprint density at radius 3 is 2.88 bits per heavy atom. The Morgan fingerprint density at radius 1 is 1.35 bits per heavy atom. The summed E-state index contributed by atoms with van der Waals surface area (Å²) in [5.41, 5.74) is 0. The lowest BCUT2D eigenvalue weighted by molar-refractivity contribution is -0.0587. The molecule has 100 valence electrons. The van der Waals surface area contributed by atoms with Gasteiger partial charge in [-0.05, 0) is 12.8 Å². The van der Waals surface area contributed by atoms with E-state index in [9.17, 15) is 8.42 Å². The normalized spacial score (nSPS) is 31.1. The first-order valence-electron chi connectivity index (χ1n) is 6.25. The zero-order valence-corrected chi connectivity index (χ0v) is 11.1. The average molecular weight is 263 g/mol. The van der Waals surface area contributed by atoms with Crippen LogP contribution in [-0.4, -0.2) is 57.5 Å². The summed E-state index contributed by atoms with van der Waals surface area (Å²) in [6.07, 6.45) is 4.26. The van der Waals surface area contributed by atoms with Crippen LogP contribution < -0.4 is 0 Å². The maximum Gasteiger partial charge on any atom is 0.216 e. The standard InChI is InChI=1S/C11H21NO4S/c1-15-8-9-17(13,14)12-6-7-16-11-5-3-2-4-10(11)12/h10-11H,2-9H2,1H3. The molecule has 0 radical (unpaired) electrons. The van der Waals surface area contributed by atoms with Gasteiger partial charge in [-0.25, -0.2) is 8.42 Å². The van der Waals surface area contributed by atoms with Crippen LogP contribution >= 0.6 is 0 Å². The predicted molar refractivity (Wildman–Crippen MR) is 64.4 cm³/mol. The van der Waals surface area contributed by atoms with Gasteiger partial charge in [0.05, 0.1) is 31.1 Å². The minimum absolute atomic E-state index is 0.0550. The fourth-order valence-electron chi connectivity index (χ4n) is 2.71. The van der Waals surface area contributed by atoms with E-state index in [0.29, 0.717) is 13.2 Å². The van der Waals surface area contributed by atoms with Crippen molar-refractivity contribution in [2.45, 2.75) is 37.8 Å². The van der Waals surface area contributed by atoms with Crippen molar-refractivity contribution in [3.05, 3.63) is 0 Å². The van der Waals surface area contributed by atoms with E-state index in [1.807, 2.05) is 0 Å². The Balaban J connectivity index is 2.07. The van der Waals surface area contributed by atoms with Gasteiger partial charge in [-0.15, -0.1) is 0 Å². The van der Waals surface area contributed by atoms with Gasteiger partial charge in [-0.1, -0.05) is 12.8 Å². The summed E-state index contributed by atoms with van der Waals surface area (Å²) in [4.78, 5) is 0. The topological polar surface area (TPSA) is 55.8 Å². The van der Waals surface area contributed by atoms with Crippen LogP contribution in [0.25, 0.3) is 0 Å². The van der Waals surface area contributed by atoms with Crippen LogP contribution in [0.15, 0.2) is 0 Å². The zero-order valence-electron chi connectivity index (χ0n) is 10.3. The van der Waals surface area contributed by atoms with E-state index < -0.39 is 10.0 Å². The average Bonchev–Trinajstić information content (AvgIpc) is 2.36. The number of nitrogens with zero attached hydrogens (tertiary/aromatic N) is 1. The molecule has 0 aromatic heterocycles. The minimum Gasteiger partial charge on any atom is -0.384 e. The first-order chi connectivity index (χ1) is 8.15. The zero-order chi connectivity index (χ0) is 12.3. The van der Waals surface area contributed by atoms with Gasteiger partial charge < -0.3 is 9.47 Å². The van der Waals surface area contributed by atoms with Crippen molar-refractivity contribution in [1.82, 2.24) is 4.31 Å². The van der Waals surface area contributed by atoms with Crippen LogP contribution in [-0.2, 0) is 19.5 Å². The quantitative estimate of drug-likeness (QED) is 0.745. The number of morpholine rings is 1. The molecule has 2 atom stereocenters. The molecule has 1 aliphatic carbocycles. The molecule has 0 N–H and O–H groups in total. The second-order valence-corrected chi connectivity index (χ2v) is 6.72. The van der Waals surface area contributed by atoms with Crippen molar-refractivity contribution in [1.29, 1.82) is 0 Å². The molecule has 17 heavy (non-hydrogen) atoms. The van der Waals surface area contributed by atoms with E-state index in [1.54, 1.807) is 4.31 Å². The SMILES string of the molecule is COCCS(=O)(=O)N1CCOC2CCCCC21. The second kappa shape index (κ2) is 5.65. The maximum atomic E-state index is 12.2. The summed E-state index contributed by atoms with van der Waals surface area (Å²) in [6, 6.07) is 0.0550. The van der Waals surface area contributed by atoms with Crippen molar-refractivity contribution in [3.63, 3.8) is 0 Å². The van der Waals surface area contributed by atoms with Gasteiger partial charge in [0.15, 0.2) is 0 Å². The van der Waals surface area contributed by atoms with Crippen molar-refractivity contribution >= 4 is 10.0 Å². The highest BCUT2D eigenvalue weighted by Gasteiger charge is 2.39. The molecular formula is C11H21NO4S. The molecule has 0 aromatic carbocycles. The third-order valence-corrected chi connectivity index (χ3v) is 5.43. The molecule has 0 bridgehead atoms. The molecule has 1 saturated carbocycles. The fourth-order valence-corrected chi connectivity index (χ4v) is 4.33. The fraction of sp³-hybridized carbons (Fsp3) is 1.00. The summed E-state index contributed by atoms with van der Waals surface area (Å²) >= 11 is 0. The van der Waals surface area contributed by atoms with Crippen molar-refractivity contribution in [2.24, 2.45) is 0 Å². The number of hydrogen-bond donors (Lipinski definition) is 0. The second-order valence-electron chi connectivity index (χ2n) is 4.68. The first kappa shape index (κ1) is 13.3. The van der Waals surface area contributed by atoms with Crippen LogP contribution in [0.1, 0.15) is 25.7 Å². The molecule has 0 amide bonds. The van der Waals surface area contributed by atoms with Gasteiger partial charge in [0.1, 0.15) is 0 Å². The molecule has 1 aliphatic heterocycles. The van der Waals surface area contributed by atoms with Crippen LogP contribution in [0, 0.1) is 0 Å². The molecule has 6 heteroatoms. The van der Waals surface area contributed by atoms with E-state index in [2.05, 4.69) is 0 Å². The lowest BCUT2D eigenvalue weighted by atomic mass is 9.91. The number of hydrogen-bond acceptors (Lipinski definition) is 4. The van der Waals surface area contributed by atoms with E-state index >= 15 is 0 Å². The highest BCUT2D eigenvalue weighted by Crippen LogP contribution is 2.30. The highest BCUT2D eigenvalue weighted by molar-refractivity contribution is 7.89. The molecule has 0 aromatic rings. The molecule has 2 fully saturated rings. The number of rotatable bonds is 4. The maximum absolute atomic E-state index is 12.2. The summed E-state index contributed by atoms with van der Waals surface area (Å²) in [5, 5.41) is 0. The largest absolute Gasteiger partial charge is 0.384 e. The number of fused-ring (bicyclic) bond motifs is 1. The smallest absolute Gasteiger partial charge is 0.216 e. The van der Waals surface area contributed by atoms with Crippen LogP contribution in [0.3, 0.4) is 0 Å². The van der Waals surface area contributed by atoms with Gasteiger partial charge in [0.2, 0.25) is 10.0 Å². The van der Waals surface area contributed by atoms with Crippen LogP contribution in [0.5, 0.6) is 0 Å². The Kier molecular flexibility index (Phi) is 4.41. The molecule has 1 heterocycles. The van der Waals surface area contributed by atoms with E-state index in [0.717, 1.165) is 25.7 Å². The Morgan fingerprint density at radius 2 is 2.12 bits per heavy atom. The van der Waals surface area contributed by atoms with Gasteiger partial charge in [-0.2, -0.15) is 4.31 Å². The number of sulfonamides is 1. The van der Waals surface area contributed by atoms with Gasteiger partial charge in [0, 0.05) is 13.7 Å². The molecule has 0 spiro atoms. The van der Waals surface area contributed by atoms with E-state index in [1.165, 1.54) is 7.11 Å². The van der Waals surface area contributed by atoms with E-state index in [-0.39, 0.29) is 24.5 Å². The molecular weight excluding hydrogens is 242 g/mol. The summed E-state index contributed by atoms with van der Waals surface area (Å²) < 4.78 is 36.6. The highest BCUT2D eigenvalue weighted by atomic mass is 32.2. The Hall–Kier alpha value is -0.170. The van der Waals surface area contributed by atoms with Gasteiger partial charge >= 0.3 is 0 Å². The summed E-state index contributed by atoms with van der Waals surface area (Å²) in [6.45, 7) is 1.28. The lowest BCUT2D eigenvalue weighted by Crippen LogP contribution is -2.55. The van der Waals surface area contributed by atoms with E-state index in [4.69, 9.17) is 9.47 Å². The third-order valence-electron chi connectivity index (χ3n) is 3.58. The lowest BCUT2D eigenvalue weighted by Gasteiger charge is -2.42. The van der Waals surface area contributed by atoms with Crippen molar-refractivity contribution < 1.29 is 17.9 Å². The Labute approximate surface area is 103 Å². The van der Waals surface area contributed by atoms with Crippen LogP contribution in [0.2, 0.25) is 0 Å². The first-order valence-corrected chi connectivity index (χ1v) is 7.86. The predicted octanol–water partition coefficient (Wildman–Crippen LogP) is 0.606. The number of methoxy groups -OCH3 is 1. The Bertz CT molecular complexity index is 341. The van der Waals surface area contributed by atoms with Gasteiger partial charge in [0.25, 0.3) is 0 Å². The summed E-state index contributed by atoms with van der Waals surface area (Å²) in [7, 11) is -1.66. The monoisotopic (exact) mass is 263 g/mol. The number of ether oxygens (including phenoxy) is 2. The van der Waals surface area contributed by atoms with Crippen molar-refractivity contribution in [2.75, 3.05) is 32.6 Å². The molecule has 2 aliphatic rings. The molecule has 5 nitrogen and oxygen atoms in total. The summed E-state index contributed by atoms with van der Waals surface area (Å²) in [5.74, 6) is 0.0761. The molecule has 2 rings (SSSR count). The van der Waals surface area contributed by atoms with Crippen LogP contribution in [0.4, 0.5) is 0 Å². The van der Waals surface area contributed by atoms with Crippen molar-refractivity contribution in [3.8, 4) is 0 Å².